The molecule has 0 saturated carbocycles. The summed E-state index contributed by atoms with van der Waals surface area (Å²) in [5.41, 5.74) is 3.64. The third-order valence-electron chi connectivity index (χ3n) is 3.35. The van der Waals surface area contributed by atoms with E-state index < -0.39 is 0 Å². The largest absolute Gasteiger partial charge is 0.362 e. The van der Waals surface area contributed by atoms with Crippen molar-refractivity contribution in [2.75, 3.05) is 31.6 Å². The van der Waals surface area contributed by atoms with Gasteiger partial charge in [-0.25, -0.2) is 0 Å². The number of aryl methyl sites for hydroxylation is 1. The highest BCUT2D eigenvalue weighted by Gasteiger charge is 2.11. The highest BCUT2D eigenvalue weighted by molar-refractivity contribution is 5.81. The first kappa shape index (κ1) is 16.5. The van der Waals surface area contributed by atoms with Crippen molar-refractivity contribution in [3.8, 4) is 0 Å². The Hall–Kier alpha value is -1.55. The Bertz CT molecular complexity index is 432. The summed E-state index contributed by atoms with van der Waals surface area (Å²) in [6.45, 7) is 9.50. The van der Waals surface area contributed by atoms with Gasteiger partial charge in [0.1, 0.15) is 0 Å². The van der Waals surface area contributed by atoms with Crippen molar-refractivity contribution < 1.29 is 4.79 Å². The van der Waals surface area contributed by atoms with Gasteiger partial charge in [-0.1, -0.05) is 19.1 Å². The van der Waals surface area contributed by atoms with E-state index in [2.05, 4.69) is 54.5 Å². The van der Waals surface area contributed by atoms with Crippen LogP contribution in [0.5, 0.6) is 0 Å². The molecule has 0 aliphatic carbocycles. The van der Waals surface area contributed by atoms with E-state index in [0.29, 0.717) is 6.54 Å². The van der Waals surface area contributed by atoms with E-state index in [4.69, 9.17) is 0 Å². The van der Waals surface area contributed by atoms with Crippen LogP contribution >= 0.6 is 0 Å². The van der Waals surface area contributed by atoms with E-state index in [9.17, 15) is 4.79 Å². The quantitative estimate of drug-likeness (QED) is 0.715. The molecule has 0 bridgehead atoms. The molecule has 0 heterocycles. The Morgan fingerprint density at radius 3 is 2.60 bits per heavy atom. The lowest BCUT2D eigenvalue weighted by Gasteiger charge is -2.24. The van der Waals surface area contributed by atoms with Crippen molar-refractivity contribution in [2.45, 2.75) is 33.7 Å². The number of hydrogen-bond acceptors (Lipinski definition) is 3. The zero-order valence-electron chi connectivity index (χ0n) is 13.1. The topological polar surface area (TPSA) is 44.4 Å². The Balaban J connectivity index is 2.76. The van der Waals surface area contributed by atoms with E-state index >= 15 is 0 Å². The van der Waals surface area contributed by atoms with Gasteiger partial charge in [-0.2, -0.15) is 0 Å². The molecule has 20 heavy (non-hydrogen) atoms. The van der Waals surface area contributed by atoms with Crippen molar-refractivity contribution in [1.29, 1.82) is 0 Å². The van der Waals surface area contributed by atoms with Crippen LogP contribution < -0.4 is 15.5 Å². The minimum Gasteiger partial charge on any atom is -0.362 e. The molecule has 4 nitrogen and oxygen atoms in total. The van der Waals surface area contributed by atoms with Crippen molar-refractivity contribution in [3.63, 3.8) is 0 Å². The summed E-state index contributed by atoms with van der Waals surface area (Å²) in [5.74, 6) is 0.0416. The molecule has 1 aromatic rings. The smallest absolute Gasteiger partial charge is 0.239 e. The van der Waals surface area contributed by atoms with E-state index in [0.717, 1.165) is 31.7 Å². The molecule has 0 atom stereocenters. The number of rotatable bonds is 8. The van der Waals surface area contributed by atoms with Gasteiger partial charge in [0.05, 0.1) is 6.54 Å². The van der Waals surface area contributed by atoms with Gasteiger partial charge in [0.15, 0.2) is 0 Å². The predicted octanol–water partition coefficient (Wildman–Crippen LogP) is 2.07. The van der Waals surface area contributed by atoms with Crippen molar-refractivity contribution in [2.24, 2.45) is 0 Å². The van der Waals surface area contributed by atoms with Gasteiger partial charge in [0.25, 0.3) is 0 Å². The summed E-state index contributed by atoms with van der Waals surface area (Å²) < 4.78 is 0. The zero-order chi connectivity index (χ0) is 15.0. The first-order chi connectivity index (χ1) is 9.62. The summed E-state index contributed by atoms with van der Waals surface area (Å²) in [7, 11) is 1.67. The number of hydrogen-bond donors (Lipinski definition) is 2. The van der Waals surface area contributed by atoms with Crippen LogP contribution in [0.15, 0.2) is 18.2 Å². The number of nitrogens with one attached hydrogen (secondary N) is 2. The average Bonchev–Trinajstić information content (AvgIpc) is 2.45. The van der Waals surface area contributed by atoms with Crippen LogP contribution in [-0.2, 0) is 11.3 Å². The minimum absolute atomic E-state index is 0.0416. The zero-order valence-corrected chi connectivity index (χ0v) is 13.1. The monoisotopic (exact) mass is 277 g/mol. The highest BCUT2D eigenvalue weighted by atomic mass is 16.1. The van der Waals surface area contributed by atoms with E-state index in [-0.39, 0.29) is 5.91 Å². The van der Waals surface area contributed by atoms with Gasteiger partial charge in [0.2, 0.25) is 5.91 Å². The fourth-order valence-corrected chi connectivity index (χ4v) is 2.21. The second kappa shape index (κ2) is 8.59. The summed E-state index contributed by atoms with van der Waals surface area (Å²) in [4.78, 5) is 13.6. The fourth-order valence-electron chi connectivity index (χ4n) is 2.21. The lowest BCUT2D eigenvalue weighted by Crippen LogP contribution is -2.35. The predicted molar refractivity (Wildman–Crippen MR) is 85.1 cm³/mol. The Morgan fingerprint density at radius 2 is 2.05 bits per heavy atom. The molecular formula is C16H27N3O. The maximum Gasteiger partial charge on any atom is 0.239 e. The Labute approximate surface area is 122 Å². The molecule has 0 saturated heterocycles. The van der Waals surface area contributed by atoms with Crippen LogP contribution in [0.3, 0.4) is 0 Å². The van der Waals surface area contributed by atoms with Gasteiger partial charge >= 0.3 is 0 Å². The molecule has 1 amide bonds. The summed E-state index contributed by atoms with van der Waals surface area (Å²) in [6.07, 6.45) is 1.15. The molecule has 0 spiro atoms. The molecule has 112 valence electrons. The Morgan fingerprint density at radius 1 is 1.30 bits per heavy atom. The van der Waals surface area contributed by atoms with Gasteiger partial charge in [-0.05, 0) is 44.0 Å². The minimum atomic E-state index is 0.0416. The highest BCUT2D eigenvalue weighted by Crippen LogP contribution is 2.21. The molecule has 0 aromatic heterocycles. The first-order valence-electron chi connectivity index (χ1n) is 7.38. The normalized spacial score (nSPS) is 10.4. The second-order valence-corrected chi connectivity index (χ2v) is 4.98. The van der Waals surface area contributed by atoms with Gasteiger partial charge in [-0.15, -0.1) is 0 Å². The molecular weight excluding hydrogens is 250 g/mol. The van der Waals surface area contributed by atoms with Gasteiger partial charge in [-0.3, -0.25) is 4.79 Å². The van der Waals surface area contributed by atoms with Crippen LogP contribution in [0, 0.1) is 6.92 Å². The SMILES string of the molecule is CCCNCc1ccc(N(CC)CC(=O)NC)c(C)c1. The maximum atomic E-state index is 11.5. The van der Waals surface area contributed by atoms with Crippen LogP contribution in [0.25, 0.3) is 0 Å². The molecule has 0 radical (unpaired) electrons. The number of likely N-dealkylation sites (N-methyl/N-ethyl adjacent to an activating group) is 2. The molecule has 1 rings (SSSR count). The van der Waals surface area contributed by atoms with E-state index in [1.54, 1.807) is 7.05 Å². The standard InChI is InChI=1S/C16H27N3O/c1-5-9-18-11-14-7-8-15(13(3)10-14)19(6-2)12-16(20)17-4/h7-8,10,18H,5-6,9,11-12H2,1-4H3,(H,17,20). The third-order valence-corrected chi connectivity index (χ3v) is 3.35. The van der Waals surface area contributed by atoms with Crippen LogP contribution in [0.4, 0.5) is 5.69 Å². The van der Waals surface area contributed by atoms with Crippen molar-refractivity contribution >= 4 is 11.6 Å². The van der Waals surface area contributed by atoms with Gasteiger partial charge in [0, 0.05) is 25.8 Å². The van der Waals surface area contributed by atoms with E-state index in [1.165, 1.54) is 11.1 Å². The van der Waals surface area contributed by atoms with Crippen LogP contribution in [0.1, 0.15) is 31.4 Å². The lowest BCUT2D eigenvalue weighted by atomic mass is 10.1. The van der Waals surface area contributed by atoms with Gasteiger partial charge < -0.3 is 15.5 Å². The first-order valence-corrected chi connectivity index (χ1v) is 7.38. The summed E-state index contributed by atoms with van der Waals surface area (Å²) in [6, 6.07) is 6.45. The number of carbonyl (C=O) groups is 1. The number of amides is 1. The van der Waals surface area contributed by atoms with E-state index in [1.807, 2.05) is 0 Å². The third kappa shape index (κ3) is 4.85. The second-order valence-electron chi connectivity index (χ2n) is 4.98. The summed E-state index contributed by atoms with van der Waals surface area (Å²) in [5, 5.41) is 6.08. The van der Waals surface area contributed by atoms with Crippen LogP contribution in [-0.4, -0.2) is 32.6 Å². The molecule has 0 aliphatic heterocycles. The average molecular weight is 277 g/mol. The maximum absolute atomic E-state index is 11.5. The molecule has 0 aliphatic rings. The molecule has 2 N–H and O–H groups in total. The molecule has 4 heteroatoms. The van der Waals surface area contributed by atoms with Crippen LogP contribution in [0.2, 0.25) is 0 Å². The number of benzene rings is 1. The Kier molecular flexibility index (Phi) is 7.09. The summed E-state index contributed by atoms with van der Waals surface area (Å²) >= 11 is 0. The number of anilines is 1. The fraction of sp³-hybridized carbons (Fsp3) is 0.562. The molecule has 0 unspecified atom stereocenters. The lowest BCUT2D eigenvalue weighted by molar-refractivity contribution is -0.119. The van der Waals surface area contributed by atoms with Crippen molar-refractivity contribution in [1.82, 2.24) is 10.6 Å². The number of nitrogens with zero attached hydrogens (tertiary/aromatic N) is 1. The molecule has 1 aromatic carbocycles. The van der Waals surface area contributed by atoms with Crippen molar-refractivity contribution in [3.05, 3.63) is 29.3 Å². The molecule has 0 fully saturated rings. The number of carbonyl (C=O) groups excluding carboxylic acids is 1.